The zero-order valence-electron chi connectivity index (χ0n) is 23.4. The van der Waals surface area contributed by atoms with E-state index in [2.05, 4.69) is 15.4 Å². The summed E-state index contributed by atoms with van der Waals surface area (Å²) in [4.78, 5) is 30.5. The van der Waals surface area contributed by atoms with Gasteiger partial charge in [-0.15, -0.1) is 0 Å². The molecule has 3 aromatic carbocycles. The lowest BCUT2D eigenvalue weighted by Crippen LogP contribution is -3.18. The third-order valence-electron chi connectivity index (χ3n) is 8.96. The molecule has 2 heterocycles. The lowest BCUT2D eigenvalue weighted by molar-refractivity contribution is -0.927. The molecule has 41 heavy (non-hydrogen) atoms. The van der Waals surface area contributed by atoms with Gasteiger partial charge in [-0.25, -0.2) is 4.79 Å². The van der Waals surface area contributed by atoms with E-state index in [4.69, 9.17) is 9.26 Å². The largest absolute Gasteiger partial charge is 0.462 e. The maximum Gasteiger partial charge on any atom is 0.338 e. The van der Waals surface area contributed by atoms with Gasteiger partial charge in [0, 0.05) is 16.8 Å². The third kappa shape index (κ3) is 4.56. The predicted molar refractivity (Wildman–Crippen MR) is 158 cm³/mol. The molecule has 0 atom stereocenters. The van der Waals surface area contributed by atoms with E-state index >= 15 is 0 Å². The molecule has 0 amide bonds. The van der Waals surface area contributed by atoms with Crippen LogP contribution in [0.25, 0.3) is 22.2 Å². The highest BCUT2D eigenvalue weighted by Crippen LogP contribution is 2.46. The van der Waals surface area contributed by atoms with Gasteiger partial charge in [0.15, 0.2) is 11.5 Å². The molecular weight excluding hydrogens is 516 g/mol. The first kappa shape index (κ1) is 25.8. The summed E-state index contributed by atoms with van der Waals surface area (Å²) < 4.78 is 11.2. The number of nitrogens with zero attached hydrogens (tertiary/aromatic N) is 2. The zero-order chi connectivity index (χ0) is 27.9. The Morgan fingerprint density at radius 1 is 1.05 bits per heavy atom. The predicted octanol–water partition coefficient (Wildman–Crippen LogP) is 5.00. The highest BCUT2D eigenvalue weighted by Gasteiger charge is 2.35. The van der Waals surface area contributed by atoms with Gasteiger partial charge in [-0.3, -0.25) is 4.79 Å². The molecular formula is C33H35N4O4+. The highest BCUT2D eigenvalue weighted by molar-refractivity contribution is 6.28. The molecule has 1 saturated carbocycles. The van der Waals surface area contributed by atoms with Crippen LogP contribution in [0.3, 0.4) is 0 Å². The minimum atomic E-state index is -0.377. The van der Waals surface area contributed by atoms with Gasteiger partial charge in [-0.2, -0.15) is 0 Å². The standard InChI is InChI=1S/C33H34N4O4/c1-2-40-33(39)21-9-8-10-22(19-21)34-26-20-27(37-17-15-36(16-18-37)23-11-4-3-5-12-23)30-29-28(26)31(38)24-13-6-7-14-25(24)32(29)41-35-30/h6-10,13-14,19-20,23,34H,2-5,11-12,15-18H2,1H3/p+1. The van der Waals surface area contributed by atoms with E-state index in [1.165, 1.54) is 32.1 Å². The Hall–Kier alpha value is -4.17. The number of carbonyl (C=O) groups excluding carboxylic acids is 2. The van der Waals surface area contributed by atoms with Crippen molar-refractivity contribution < 1.29 is 23.7 Å². The van der Waals surface area contributed by atoms with E-state index in [0.717, 1.165) is 54.4 Å². The topological polar surface area (TPSA) is 89.1 Å². The number of esters is 1. The summed E-state index contributed by atoms with van der Waals surface area (Å²) in [7, 11) is 0. The number of ether oxygens (including phenoxy) is 1. The van der Waals surface area contributed by atoms with Crippen molar-refractivity contribution in [3.63, 3.8) is 0 Å². The number of benzene rings is 3. The van der Waals surface area contributed by atoms with E-state index in [-0.39, 0.29) is 11.8 Å². The van der Waals surface area contributed by atoms with Crippen LogP contribution in [-0.4, -0.2) is 55.7 Å². The van der Waals surface area contributed by atoms with Gasteiger partial charge in [0.2, 0.25) is 0 Å². The molecule has 1 aliphatic heterocycles. The van der Waals surface area contributed by atoms with Crippen molar-refractivity contribution in [2.24, 2.45) is 0 Å². The minimum Gasteiger partial charge on any atom is -0.462 e. The van der Waals surface area contributed by atoms with Crippen molar-refractivity contribution in [3.8, 4) is 11.3 Å². The maximum atomic E-state index is 14.0. The first-order chi connectivity index (χ1) is 20.1. The molecule has 0 unspecified atom stereocenters. The second-order valence-corrected chi connectivity index (χ2v) is 11.3. The number of carbonyl (C=O) groups is 2. The molecule has 7 rings (SSSR count). The van der Waals surface area contributed by atoms with E-state index in [9.17, 15) is 9.59 Å². The Bertz CT molecular complexity index is 1630. The fourth-order valence-corrected chi connectivity index (χ4v) is 6.93. The summed E-state index contributed by atoms with van der Waals surface area (Å²) in [6.45, 7) is 6.11. The van der Waals surface area contributed by atoms with Gasteiger partial charge in [0.1, 0.15) is 5.52 Å². The molecule has 0 radical (unpaired) electrons. The van der Waals surface area contributed by atoms with Gasteiger partial charge in [0.25, 0.3) is 0 Å². The number of hydrogen-bond acceptors (Lipinski definition) is 7. The summed E-state index contributed by atoms with van der Waals surface area (Å²) in [5, 5.41) is 8.77. The molecule has 0 spiro atoms. The van der Waals surface area contributed by atoms with E-state index in [1.54, 1.807) is 24.0 Å². The third-order valence-corrected chi connectivity index (χ3v) is 8.96. The number of piperazine rings is 1. The Kier molecular flexibility index (Phi) is 6.71. The normalized spacial score (nSPS) is 17.5. The average Bonchev–Trinajstić information content (AvgIpc) is 3.46. The Labute approximate surface area is 239 Å². The highest BCUT2D eigenvalue weighted by atomic mass is 16.5. The van der Waals surface area contributed by atoms with Crippen LogP contribution in [0.4, 0.5) is 17.1 Å². The van der Waals surface area contributed by atoms with Crippen molar-refractivity contribution >= 4 is 39.7 Å². The number of ketones is 1. The van der Waals surface area contributed by atoms with Crippen molar-refractivity contribution in [3.05, 3.63) is 71.3 Å². The van der Waals surface area contributed by atoms with Crippen LogP contribution < -0.4 is 15.1 Å². The maximum absolute atomic E-state index is 14.0. The minimum absolute atomic E-state index is 0.0662. The first-order valence-electron chi connectivity index (χ1n) is 14.9. The number of rotatable bonds is 6. The molecule has 2 aliphatic carbocycles. The number of aromatic nitrogens is 1. The smallest absolute Gasteiger partial charge is 0.338 e. The summed E-state index contributed by atoms with van der Waals surface area (Å²) in [5.41, 5.74) is 5.45. The Morgan fingerprint density at radius 2 is 1.83 bits per heavy atom. The molecule has 2 fully saturated rings. The summed E-state index contributed by atoms with van der Waals surface area (Å²) in [6, 6.07) is 17.6. The lowest BCUT2D eigenvalue weighted by atomic mass is 9.86. The van der Waals surface area contributed by atoms with Gasteiger partial charge in [-0.1, -0.05) is 41.9 Å². The lowest BCUT2D eigenvalue weighted by Gasteiger charge is -2.39. The molecule has 8 nitrogen and oxygen atoms in total. The van der Waals surface area contributed by atoms with Gasteiger partial charge in [-0.05, 0) is 56.9 Å². The van der Waals surface area contributed by atoms with Crippen LogP contribution >= 0.6 is 0 Å². The van der Waals surface area contributed by atoms with E-state index in [1.807, 2.05) is 42.5 Å². The second-order valence-electron chi connectivity index (χ2n) is 11.3. The molecule has 0 bridgehead atoms. The van der Waals surface area contributed by atoms with Crippen molar-refractivity contribution in [1.82, 2.24) is 5.16 Å². The molecule has 2 N–H and O–H groups in total. The summed E-state index contributed by atoms with van der Waals surface area (Å²) >= 11 is 0. The molecule has 3 aliphatic rings. The molecule has 1 aromatic heterocycles. The van der Waals surface area contributed by atoms with Crippen LogP contribution in [0.15, 0.2) is 59.1 Å². The second kappa shape index (κ2) is 10.7. The molecule has 8 heteroatoms. The number of quaternary nitrogens is 1. The van der Waals surface area contributed by atoms with Crippen LogP contribution in [0.5, 0.6) is 0 Å². The zero-order valence-corrected chi connectivity index (χ0v) is 23.4. The van der Waals surface area contributed by atoms with E-state index in [0.29, 0.717) is 40.4 Å². The Morgan fingerprint density at radius 3 is 2.61 bits per heavy atom. The average molecular weight is 552 g/mol. The van der Waals surface area contributed by atoms with E-state index < -0.39 is 0 Å². The van der Waals surface area contributed by atoms with Crippen molar-refractivity contribution in [2.75, 3.05) is 43.0 Å². The fraction of sp³-hybridized carbons (Fsp3) is 0.364. The number of fused-ring (bicyclic) bond motifs is 2. The monoisotopic (exact) mass is 551 g/mol. The number of anilines is 3. The summed E-state index contributed by atoms with van der Waals surface area (Å²) in [5.74, 6) is 0.184. The molecule has 1 saturated heterocycles. The SMILES string of the molecule is CCOC(=O)c1cccc(Nc2cc(N3CC[NH+](C4CCCCC4)CC3)c3noc4c3c2C(=O)c2ccccc2-4)c1. The molecule has 210 valence electrons. The summed E-state index contributed by atoms with van der Waals surface area (Å²) in [6.07, 6.45) is 6.74. The Balaban J connectivity index is 1.30. The van der Waals surface area contributed by atoms with Gasteiger partial charge < -0.3 is 24.4 Å². The first-order valence-corrected chi connectivity index (χ1v) is 14.9. The van der Waals surface area contributed by atoms with Crippen LogP contribution in [0.2, 0.25) is 0 Å². The number of hydrogen-bond donors (Lipinski definition) is 2. The van der Waals surface area contributed by atoms with Gasteiger partial charge in [0.05, 0.1) is 66.7 Å². The van der Waals surface area contributed by atoms with Crippen molar-refractivity contribution in [1.29, 1.82) is 0 Å². The quantitative estimate of drug-likeness (QED) is 0.287. The fourth-order valence-electron chi connectivity index (χ4n) is 6.93. The van der Waals surface area contributed by atoms with Crippen molar-refractivity contribution in [2.45, 2.75) is 45.1 Å². The molecule has 4 aromatic rings. The van der Waals surface area contributed by atoms with Gasteiger partial charge >= 0.3 is 5.97 Å². The number of nitrogens with one attached hydrogen (secondary N) is 2. The van der Waals surface area contributed by atoms with Crippen LogP contribution in [-0.2, 0) is 4.74 Å². The van der Waals surface area contributed by atoms with Crippen LogP contribution in [0, 0.1) is 0 Å². The van der Waals surface area contributed by atoms with Crippen LogP contribution in [0.1, 0.15) is 65.3 Å².